The first kappa shape index (κ1) is 30.0. The van der Waals surface area contributed by atoms with Crippen LogP contribution in [-0.2, 0) is 30.6 Å². The number of esters is 1. The number of carbonyl (C=O) groups excluding carboxylic acids is 1. The van der Waals surface area contributed by atoms with E-state index in [0.29, 0.717) is 4.57 Å². The van der Waals surface area contributed by atoms with Crippen LogP contribution in [0, 0.1) is 0 Å². The van der Waals surface area contributed by atoms with E-state index in [4.69, 9.17) is 36.1 Å². The smallest absolute Gasteiger partial charge is 0.351 e. The van der Waals surface area contributed by atoms with Gasteiger partial charge in [-0.05, 0) is 50.8 Å². The predicted molar refractivity (Wildman–Crippen MR) is 134 cm³/mol. The molecule has 1 aliphatic heterocycles. The van der Waals surface area contributed by atoms with Crippen LogP contribution in [0.1, 0.15) is 27.0 Å². The molecule has 2 heterocycles. The van der Waals surface area contributed by atoms with E-state index in [0.717, 1.165) is 12.3 Å². The summed E-state index contributed by atoms with van der Waals surface area (Å²) >= 11 is 5.47. The fourth-order valence-electron chi connectivity index (χ4n) is 3.50. The van der Waals surface area contributed by atoms with Gasteiger partial charge in [-0.25, -0.2) is 23.1 Å². The van der Waals surface area contributed by atoms with Gasteiger partial charge in [0.1, 0.15) is 23.7 Å². The topological polar surface area (TPSA) is 147 Å². The van der Waals surface area contributed by atoms with Crippen LogP contribution in [0.15, 0.2) is 47.4 Å². The summed E-state index contributed by atoms with van der Waals surface area (Å²) in [5.74, 6) is -0.710. The lowest BCUT2D eigenvalue weighted by atomic mass is 9.98. The van der Waals surface area contributed by atoms with Gasteiger partial charge in [0.2, 0.25) is 0 Å². The van der Waals surface area contributed by atoms with E-state index in [1.807, 2.05) is 0 Å². The van der Waals surface area contributed by atoms with Gasteiger partial charge < -0.3 is 29.4 Å². The Hall–Kier alpha value is -2.55. The van der Waals surface area contributed by atoms with Gasteiger partial charge in [0.15, 0.2) is 18.0 Å². The Labute approximate surface area is 221 Å². The summed E-state index contributed by atoms with van der Waals surface area (Å²) in [5, 5.41) is 13.1. The molecule has 3 rings (SSSR count). The molecule has 6 atom stereocenters. The highest BCUT2D eigenvalue weighted by Crippen LogP contribution is 2.50. The maximum absolute atomic E-state index is 15.3. The second-order valence-electron chi connectivity index (χ2n) is 8.71. The van der Waals surface area contributed by atoms with Crippen molar-refractivity contribution in [2.75, 3.05) is 12.3 Å². The molecule has 2 aromatic rings. The van der Waals surface area contributed by atoms with Crippen molar-refractivity contribution >= 4 is 30.2 Å². The molecule has 11 nitrogen and oxygen atoms in total. The predicted octanol–water partition coefficient (Wildman–Crippen LogP) is 2.31. The van der Waals surface area contributed by atoms with E-state index < -0.39 is 67.6 Å². The number of nitrogens with zero attached hydrogens (tertiary/aromatic N) is 2. The first-order valence-electron chi connectivity index (χ1n) is 11.4. The Bertz CT molecular complexity index is 1220. The second kappa shape index (κ2) is 12.1. The second-order valence-corrected chi connectivity index (χ2v) is 11.8. The van der Waals surface area contributed by atoms with Crippen LogP contribution in [0.5, 0.6) is 5.75 Å². The number of aliphatic hydroxyl groups excluding tert-OH is 1. The molecule has 0 radical (unpaired) electrons. The van der Waals surface area contributed by atoms with Crippen molar-refractivity contribution < 1.29 is 41.6 Å². The lowest BCUT2D eigenvalue weighted by Crippen LogP contribution is -2.51. The lowest BCUT2D eigenvalue weighted by molar-refractivity contribution is -0.182. The number of ether oxygens (including phenoxy) is 2. The lowest BCUT2D eigenvalue weighted by Gasteiger charge is -2.33. The van der Waals surface area contributed by atoms with Crippen molar-refractivity contribution in [3.05, 3.63) is 53.1 Å². The summed E-state index contributed by atoms with van der Waals surface area (Å²) in [6, 6.07) is 7.99. The highest BCUT2D eigenvalue weighted by atomic mass is 32.5. The number of aromatic nitrogens is 2. The molecule has 0 amide bonds. The van der Waals surface area contributed by atoms with E-state index in [-0.39, 0.29) is 11.6 Å². The fraction of sp³-hybridized carbons (Fsp3) is 0.500. The monoisotopic (exact) mass is 580 g/mol. The van der Waals surface area contributed by atoms with E-state index in [9.17, 15) is 23.5 Å². The largest absolute Gasteiger partial charge is 0.462 e. The summed E-state index contributed by atoms with van der Waals surface area (Å²) in [6.07, 6.45) is -9.76. The van der Waals surface area contributed by atoms with Gasteiger partial charge in [0.05, 0.1) is 12.7 Å². The molecular formula is C22H28F3N4O7PS. The number of alkyl halides is 3. The minimum atomic E-state index is -3.86. The molecular weight excluding hydrogens is 552 g/mol. The van der Waals surface area contributed by atoms with Gasteiger partial charge in [0, 0.05) is 6.20 Å². The maximum atomic E-state index is 15.3. The number of carbonyl (C=O) groups is 1. The number of nitrogens with two attached hydrogens (primary N) is 1. The third-order valence-corrected chi connectivity index (χ3v) is 7.86. The summed E-state index contributed by atoms with van der Waals surface area (Å²) in [4.78, 5) is 28.0. The van der Waals surface area contributed by atoms with Gasteiger partial charge in [-0.15, -0.1) is 0 Å². The Kier molecular flexibility index (Phi) is 9.55. The average Bonchev–Trinajstić information content (AvgIpc) is 3.09. The number of nitrogens with one attached hydrogen (secondary N) is 1. The fourth-order valence-corrected chi connectivity index (χ4v) is 5.92. The normalized spacial score (nSPS) is 25.8. The van der Waals surface area contributed by atoms with Crippen molar-refractivity contribution in [3.63, 3.8) is 0 Å². The number of hydrogen-bond donors (Lipinski definition) is 3. The van der Waals surface area contributed by atoms with E-state index in [1.165, 1.54) is 19.1 Å². The molecule has 38 heavy (non-hydrogen) atoms. The highest BCUT2D eigenvalue weighted by molar-refractivity contribution is 8.09. The first-order chi connectivity index (χ1) is 17.8. The maximum Gasteiger partial charge on any atom is 0.351 e. The number of rotatable bonds is 11. The standard InChI is InChI=1S/C22H28F3N4O7PS/c1-12(2)34-19(31)13(3)28-37(38,36-14-7-5-4-6-8-14)33-11-22(20(24)25)17(23)16(30)18(35-22)29-10-9-15(26)27-21(29)32/h4-10,12-13,16-18,20,30H,11H2,1-3H3,(H,28,38)(H2,26,27,32)/t13-,16+,17-,18+,22+,37?/m0/s1. The van der Waals surface area contributed by atoms with Crippen LogP contribution in [0.4, 0.5) is 19.0 Å². The molecule has 1 aromatic carbocycles. The van der Waals surface area contributed by atoms with Crippen LogP contribution in [0.25, 0.3) is 0 Å². The molecule has 0 aliphatic carbocycles. The Balaban J connectivity index is 1.90. The minimum Gasteiger partial charge on any atom is -0.462 e. The van der Waals surface area contributed by atoms with Gasteiger partial charge in [-0.1, -0.05) is 18.2 Å². The molecule has 1 unspecified atom stereocenters. The third-order valence-electron chi connectivity index (χ3n) is 5.38. The molecule has 1 aromatic heterocycles. The van der Waals surface area contributed by atoms with Gasteiger partial charge >= 0.3 is 18.3 Å². The van der Waals surface area contributed by atoms with E-state index >= 15 is 4.39 Å². The first-order valence-corrected chi connectivity index (χ1v) is 14.0. The molecule has 16 heteroatoms. The number of halogens is 3. The zero-order chi connectivity index (χ0) is 28.3. The Morgan fingerprint density at radius 3 is 2.55 bits per heavy atom. The molecule has 210 valence electrons. The van der Waals surface area contributed by atoms with Crippen molar-refractivity contribution in [2.45, 2.75) is 63.4 Å². The van der Waals surface area contributed by atoms with Crippen LogP contribution >= 0.6 is 6.64 Å². The third kappa shape index (κ3) is 6.71. The zero-order valence-electron chi connectivity index (χ0n) is 20.6. The Morgan fingerprint density at radius 2 is 1.97 bits per heavy atom. The summed E-state index contributed by atoms with van der Waals surface area (Å²) in [5.41, 5.74) is 1.32. The van der Waals surface area contributed by atoms with Crippen LogP contribution < -0.4 is 21.0 Å². The van der Waals surface area contributed by atoms with E-state index in [2.05, 4.69) is 10.1 Å². The number of benzene rings is 1. The molecule has 1 fully saturated rings. The number of hydrogen-bond acceptors (Lipinski definition) is 10. The highest BCUT2D eigenvalue weighted by Gasteiger charge is 2.62. The molecule has 1 saturated heterocycles. The minimum absolute atomic E-state index is 0.172. The number of anilines is 1. The van der Waals surface area contributed by atoms with Crippen molar-refractivity contribution in [3.8, 4) is 5.75 Å². The molecule has 0 saturated carbocycles. The van der Waals surface area contributed by atoms with Gasteiger partial charge in [-0.2, -0.15) is 4.98 Å². The summed E-state index contributed by atoms with van der Waals surface area (Å²) in [7, 11) is 0. The zero-order valence-corrected chi connectivity index (χ0v) is 22.3. The summed E-state index contributed by atoms with van der Waals surface area (Å²) < 4.78 is 66.4. The molecule has 1 aliphatic rings. The quantitative estimate of drug-likeness (QED) is 0.266. The molecule has 4 N–H and O–H groups in total. The average molecular weight is 581 g/mol. The van der Waals surface area contributed by atoms with Crippen LogP contribution in [0.3, 0.4) is 0 Å². The van der Waals surface area contributed by atoms with Crippen LogP contribution in [0.2, 0.25) is 0 Å². The molecule has 0 bridgehead atoms. The van der Waals surface area contributed by atoms with Crippen LogP contribution in [-0.4, -0.2) is 63.7 Å². The number of nitrogen functional groups attached to an aromatic ring is 1. The van der Waals surface area contributed by atoms with Gasteiger partial charge in [-0.3, -0.25) is 9.36 Å². The number of para-hydroxylation sites is 1. The molecule has 0 spiro atoms. The van der Waals surface area contributed by atoms with E-state index in [1.54, 1.807) is 32.0 Å². The SMILES string of the molecule is CC(C)OC(=O)[C@H](C)NP(=S)(OC[C@@]1(C(F)F)O[C@@H](n2ccc(N)nc2=O)[C@H](O)[C@@H]1F)Oc1ccccc1. The summed E-state index contributed by atoms with van der Waals surface area (Å²) in [6.45, 7) is -0.406. The Morgan fingerprint density at radius 1 is 1.32 bits per heavy atom. The number of aliphatic hydroxyl groups is 1. The van der Waals surface area contributed by atoms with Crippen molar-refractivity contribution in [2.24, 2.45) is 0 Å². The van der Waals surface area contributed by atoms with Gasteiger partial charge in [0.25, 0.3) is 6.43 Å². The van der Waals surface area contributed by atoms with Crippen molar-refractivity contribution in [1.29, 1.82) is 0 Å². The van der Waals surface area contributed by atoms with Crippen molar-refractivity contribution in [1.82, 2.24) is 14.6 Å².